The number of benzene rings is 2. The van der Waals surface area contributed by atoms with Gasteiger partial charge in [0.25, 0.3) is 0 Å². The van der Waals surface area contributed by atoms with Crippen molar-refractivity contribution in [3.8, 4) is 5.75 Å². The third-order valence-electron chi connectivity index (χ3n) is 3.31. The van der Waals surface area contributed by atoms with E-state index in [1.807, 2.05) is 6.92 Å². The van der Waals surface area contributed by atoms with Crippen molar-refractivity contribution >= 4 is 29.0 Å². The molecule has 0 aliphatic rings. The van der Waals surface area contributed by atoms with Crippen molar-refractivity contribution < 1.29 is 14.3 Å². The first-order valence-electron chi connectivity index (χ1n) is 7.31. The average molecular weight is 332 g/mol. The summed E-state index contributed by atoms with van der Waals surface area (Å²) in [4.78, 5) is 23.5. The van der Waals surface area contributed by atoms with Crippen LogP contribution in [0, 0.1) is 6.92 Å². The Morgan fingerprint density at radius 2 is 1.83 bits per heavy atom. The number of ketones is 1. The van der Waals surface area contributed by atoms with Gasteiger partial charge in [0.05, 0.1) is 0 Å². The predicted octanol–water partition coefficient (Wildman–Crippen LogP) is 4.26. The fraction of sp³-hybridized carbons (Fsp3) is 0.222. The molecule has 0 bridgehead atoms. The zero-order valence-electron chi connectivity index (χ0n) is 13.1. The number of hydrogen-bond acceptors (Lipinski definition) is 3. The van der Waals surface area contributed by atoms with Gasteiger partial charge in [0.15, 0.2) is 12.4 Å². The maximum Gasteiger partial charge on any atom is 0.224 e. The zero-order chi connectivity index (χ0) is 16.8. The molecule has 120 valence electrons. The minimum atomic E-state index is -0.132. The minimum absolute atomic E-state index is 0.0524. The summed E-state index contributed by atoms with van der Waals surface area (Å²) in [5, 5.41) is 3.36. The van der Waals surface area contributed by atoms with Gasteiger partial charge in [-0.05, 0) is 55.0 Å². The number of hydrogen-bond donors (Lipinski definition) is 1. The smallest absolute Gasteiger partial charge is 0.224 e. The van der Waals surface area contributed by atoms with Gasteiger partial charge in [0.1, 0.15) is 5.75 Å². The molecule has 1 amide bonds. The number of halogens is 1. The second kappa shape index (κ2) is 7.79. The van der Waals surface area contributed by atoms with E-state index in [0.717, 1.165) is 5.56 Å². The summed E-state index contributed by atoms with van der Waals surface area (Å²) < 4.78 is 5.54. The highest BCUT2D eigenvalue weighted by Crippen LogP contribution is 2.22. The summed E-state index contributed by atoms with van der Waals surface area (Å²) in [6, 6.07) is 12.0. The highest BCUT2D eigenvalue weighted by Gasteiger charge is 2.09. The van der Waals surface area contributed by atoms with E-state index in [2.05, 4.69) is 5.32 Å². The first-order chi connectivity index (χ1) is 11.0. The Labute approximate surface area is 140 Å². The third-order valence-corrected chi connectivity index (χ3v) is 3.54. The molecule has 2 rings (SSSR count). The van der Waals surface area contributed by atoms with Crippen LogP contribution in [-0.2, 0) is 4.79 Å². The van der Waals surface area contributed by atoms with Crippen LogP contribution in [0.5, 0.6) is 5.75 Å². The van der Waals surface area contributed by atoms with Crippen LogP contribution < -0.4 is 10.1 Å². The summed E-state index contributed by atoms with van der Waals surface area (Å²) in [6.07, 6.45) is 0.412. The van der Waals surface area contributed by atoms with Gasteiger partial charge >= 0.3 is 0 Å². The van der Waals surface area contributed by atoms with Crippen molar-refractivity contribution in [2.45, 2.75) is 20.3 Å². The van der Waals surface area contributed by atoms with Crippen molar-refractivity contribution in [2.24, 2.45) is 0 Å². The van der Waals surface area contributed by atoms with Gasteiger partial charge in [-0.2, -0.15) is 0 Å². The molecular weight excluding hydrogens is 314 g/mol. The molecule has 0 aliphatic carbocycles. The van der Waals surface area contributed by atoms with Crippen molar-refractivity contribution in [1.29, 1.82) is 0 Å². The number of amides is 1. The number of anilines is 1. The van der Waals surface area contributed by atoms with E-state index in [-0.39, 0.29) is 18.3 Å². The maximum absolute atomic E-state index is 12.1. The lowest BCUT2D eigenvalue weighted by Crippen LogP contribution is -2.13. The molecule has 0 heterocycles. The number of carbonyl (C=O) groups excluding carboxylic acids is 2. The molecule has 0 saturated heterocycles. The third kappa shape index (κ3) is 4.83. The second-order valence-electron chi connectivity index (χ2n) is 5.10. The summed E-state index contributed by atoms with van der Waals surface area (Å²) in [7, 11) is 0. The number of aryl methyl sites for hydroxylation is 1. The normalized spacial score (nSPS) is 10.2. The molecule has 0 aromatic heterocycles. The summed E-state index contributed by atoms with van der Waals surface area (Å²) >= 11 is 5.88. The van der Waals surface area contributed by atoms with Crippen molar-refractivity contribution in [2.75, 3.05) is 11.9 Å². The Balaban J connectivity index is 1.96. The highest BCUT2D eigenvalue weighted by atomic mass is 35.5. The molecule has 5 heteroatoms. The Hall–Kier alpha value is -2.33. The molecule has 0 spiro atoms. The number of carbonyl (C=O) groups is 2. The van der Waals surface area contributed by atoms with Gasteiger partial charge < -0.3 is 10.1 Å². The minimum Gasteiger partial charge on any atom is -0.485 e. The Kier molecular flexibility index (Phi) is 5.77. The quantitative estimate of drug-likeness (QED) is 0.805. The molecule has 4 nitrogen and oxygen atoms in total. The first kappa shape index (κ1) is 17.0. The second-order valence-corrected chi connectivity index (χ2v) is 5.54. The van der Waals surface area contributed by atoms with Crippen LogP contribution in [0.4, 0.5) is 5.69 Å². The summed E-state index contributed by atoms with van der Waals surface area (Å²) in [5.74, 6) is 0.438. The molecule has 0 aliphatic heterocycles. The van der Waals surface area contributed by atoms with Crippen LogP contribution in [-0.4, -0.2) is 18.3 Å². The van der Waals surface area contributed by atoms with Gasteiger partial charge in [0, 0.05) is 22.7 Å². The molecule has 1 N–H and O–H groups in total. The lowest BCUT2D eigenvalue weighted by molar-refractivity contribution is -0.115. The average Bonchev–Trinajstić information content (AvgIpc) is 2.54. The Morgan fingerprint density at radius 1 is 1.13 bits per heavy atom. The highest BCUT2D eigenvalue weighted by molar-refractivity contribution is 6.30. The molecule has 0 saturated carbocycles. The van der Waals surface area contributed by atoms with E-state index in [9.17, 15) is 9.59 Å². The number of ether oxygens (including phenoxy) is 1. The standard InChI is InChI=1S/C18H18ClNO3/c1-3-18(22)20-15-7-4-13(5-8-15)16(21)11-23-17-9-6-14(19)10-12(17)2/h4-10H,3,11H2,1-2H3,(H,20,22). The van der Waals surface area contributed by atoms with E-state index in [0.29, 0.717) is 28.4 Å². The monoisotopic (exact) mass is 331 g/mol. The predicted molar refractivity (Wildman–Crippen MR) is 91.4 cm³/mol. The van der Waals surface area contributed by atoms with Crippen molar-refractivity contribution in [3.05, 3.63) is 58.6 Å². The van der Waals surface area contributed by atoms with Gasteiger partial charge in [-0.3, -0.25) is 9.59 Å². The molecule has 0 radical (unpaired) electrons. The zero-order valence-corrected chi connectivity index (χ0v) is 13.8. The summed E-state index contributed by atoms with van der Waals surface area (Å²) in [6.45, 7) is 3.60. The van der Waals surface area contributed by atoms with Crippen molar-refractivity contribution in [3.63, 3.8) is 0 Å². The first-order valence-corrected chi connectivity index (χ1v) is 7.69. The van der Waals surface area contributed by atoms with Crippen LogP contribution in [0.25, 0.3) is 0 Å². The van der Waals surface area contributed by atoms with Crippen LogP contribution in [0.1, 0.15) is 29.3 Å². The van der Waals surface area contributed by atoms with Crippen LogP contribution >= 0.6 is 11.6 Å². The Morgan fingerprint density at radius 3 is 2.43 bits per heavy atom. The van der Waals surface area contributed by atoms with E-state index < -0.39 is 0 Å². The van der Waals surface area contributed by atoms with E-state index in [1.165, 1.54) is 0 Å². The van der Waals surface area contributed by atoms with Crippen LogP contribution in [0.3, 0.4) is 0 Å². The summed E-state index contributed by atoms with van der Waals surface area (Å²) in [5.41, 5.74) is 2.08. The maximum atomic E-state index is 12.1. The topological polar surface area (TPSA) is 55.4 Å². The van der Waals surface area contributed by atoms with Gasteiger partial charge in [-0.1, -0.05) is 18.5 Å². The number of nitrogens with one attached hydrogen (secondary N) is 1. The SMILES string of the molecule is CCC(=O)Nc1ccc(C(=O)COc2ccc(Cl)cc2C)cc1. The van der Waals surface area contributed by atoms with Crippen molar-refractivity contribution in [1.82, 2.24) is 0 Å². The van der Waals surface area contributed by atoms with E-state index >= 15 is 0 Å². The molecule has 0 atom stereocenters. The molecule has 2 aromatic rings. The Bertz CT molecular complexity index is 711. The van der Waals surface area contributed by atoms with Gasteiger partial charge in [-0.25, -0.2) is 0 Å². The fourth-order valence-electron chi connectivity index (χ4n) is 1.99. The van der Waals surface area contributed by atoms with Crippen LogP contribution in [0.2, 0.25) is 5.02 Å². The lowest BCUT2D eigenvalue weighted by atomic mass is 10.1. The number of Topliss-reactive ketones (excluding diaryl/α,β-unsaturated/α-hetero) is 1. The van der Waals surface area contributed by atoms with Gasteiger partial charge in [-0.15, -0.1) is 0 Å². The lowest BCUT2D eigenvalue weighted by Gasteiger charge is -2.09. The largest absolute Gasteiger partial charge is 0.485 e. The number of rotatable bonds is 6. The van der Waals surface area contributed by atoms with Gasteiger partial charge in [0.2, 0.25) is 5.91 Å². The molecule has 0 unspecified atom stereocenters. The molecule has 0 fully saturated rings. The molecule has 23 heavy (non-hydrogen) atoms. The molecule has 2 aromatic carbocycles. The van der Waals surface area contributed by atoms with E-state index in [4.69, 9.17) is 16.3 Å². The van der Waals surface area contributed by atoms with E-state index in [1.54, 1.807) is 49.4 Å². The molecular formula is C18H18ClNO3. The van der Waals surface area contributed by atoms with Crippen LogP contribution in [0.15, 0.2) is 42.5 Å². The fourth-order valence-corrected chi connectivity index (χ4v) is 2.22.